The molecule has 3 N–H and O–H groups in total. The lowest BCUT2D eigenvalue weighted by Gasteiger charge is -2.12. The first kappa shape index (κ1) is 14.6. The molecule has 0 fully saturated rings. The van der Waals surface area contributed by atoms with E-state index in [1.54, 1.807) is 0 Å². The lowest BCUT2D eigenvalue weighted by atomic mass is 10.1. The van der Waals surface area contributed by atoms with Crippen LogP contribution in [0.1, 0.15) is 26.3 Å². The van der Waals surface area contributed by atoms with Crippen molar-refractivity contribution < 1.29 is 13.2 Å². The van der Waals surface area contributed by atoms with Gasteiger partial charge in [-0.2, -0.15) is 13.2 Å². The number of halogens is 3. The third-order valence-electron chi connectivity index (χ3n) is 1.74. The van der Waals surface area contributed by atoms with Crippen LogP contribution in [0.15, 0.2) is 18.2 Å². The Labute approximate surface area is 93.6 Å². The molecule has 0 aliphatic rings. The summed E-state index contributed by atoms with van der Waals surface area (Å²) in [6.07, 6.45) is -4.39. The molecule has 5 heteroatoms. The second-order valence-corrected chi connectivity index (χ2v) is 2.83. The van der Waals surface area contributed by atoms with E-state index < -0.39 is 11.7 Å². The standard InChI is InChI=1S/C9H11F3N2.C2H6/c1-2-14-6-3-4-8(13)7(5-6)9(10,11)12;1-2/h3-5,14H,2,13H2,1H3;1-2H3. The Hall–Kier alpha value is -1.39. The highest BCUT2D eigenvalue weighted by Crippen LogP contribution is 2.34. The van der Waals surface area contributed by atoms with Gasteiger partial charge in [-0.1, -0.05) is 13.8 Å². The Kier molecular flexibility index (Phi) is 5.71. The second kappa shape index (κ2) is 6.25. The molecule has 0 heterocycles. The molecule has 1 aromatic rings. The Morgan fingerprint density at radius 3 is 2.25 bits per heavy atom. The van der Waals surface area contributed by atoms with Gasteiger partial charge in [-0.25, -0.2) is 0 Å². The van der Waals surface area contributed by atoms with Gasteiger partial charge in [-0.3, -0.25) is 0 Å². The van der Waals surface area contributed by atoms with E-state index in [2.05, 4.69) is 5.32 Å². The molecule has 0 aromatic heterocycles. The number of nitrogens with one attached hydrogen (secondary N) is 1. The molecule has 0 unspecified atom stereocenters. The third kappa shape index (κ3) is 4.00. The molecule has 0 saturated heterocycles. The van der Waals surface area contributed by atoms with E-state index in [0.717, 1.165) is 6.07 Å². The minimum Gasteiger partial charge on any atom is -0.398 e. The van der Waals surface area contributed by atoms with Crippen LogP contribution < -0.4 is 11.1 Å². The lowest BCUT2D eigenvalue weighted by molar-refractivity contribution is -0.136. The van der Waals surface area contributed by atoms with Crippen LogP contribution in [0.5, 0.6) is 0 Å². The fraction of sp³-hybridized carbons (Fsp3) is 0.455. The highest BCUT2D eigenvalue weighted by Gasteiger charge is 2.32. The Balaban J connectivity index is 0.00000106. The molecule has 0 amide bonds. The quantitative estimate of drug-likeness (QED) is 0.765. The Morgan fingerprint density at radius 1 is 1.25 bits per heavy atom. The van der Waals surface area contributed by atoms with Gasteiger partial charge in [0.25, 0.3) is 0 Å². The molecule has 92 valence electrons. The fourth-order valence-corrected chi connectivity index (χ4v) is 1.12. The van der Waals surface area contributed by atoms with Crippen LogP contribution in [-0.4, -0.2) is 6.54 Å². The summed E-state index contributed by atoms with van der Waals surface area (Å²) in [6.45, 7) is 6.38. The largest absolute Gasteiger partial charge is 0.418 e. The van der Waals surface area contributed by atoms with E-state index in [-0.39, 0.29) is 5.69 Å². The average molecular weight is 234 g/mol. The number of benzene rings is 1. The summed E-state index contributed by atoms with van der Waals surface area (Å²) in [4.78, 5) is 0. The summed E-state index contributed by atoms with van der Waals surface area (Å²) in [5.74, 6) is 0. The summed E-state index contributed by atoms with van der Waals surface area (Å²) in [7, 11) is 0. The van der Waals surface area contributed by atoms with Gasteiger partial charge in [0, 0.05) is 17.9 Å². The minimum atomic E-state index is -4.39. The van der Waals surface area contributed by atoms with Crippen molar-refractivity contribution in [2.45, 2.75) is 26.9 Å². The van der Waals surface area contributed by atoms with Crippen molar-refractivity contribution in [1.29, 1.82) is 0 Å². The summed E-state index contributed by atoms with van der Waals surface area (Å²) in [6, 6.07) is 3.79. The molecular formula is C11H17F3N2. The monoisotopic (exact) mass is 234 g/mol. The maximum absolute atomic E-state index is 12.4. The van der Waals surface area contributed by atoms with Crippen LogP contribution in [-0.2, 0) is 6.18 Å². The maximum Gasteiger partial charge on any atom is 0.418 e. The summed E-state index contributed by atoms with van der Waals surface area (Å²) in [5, 5.41) is 2.79. The van der Waals surface area contributed by atoms with E-state index in [1.807, 2.05) is 20.8 Å². The van der Waals surface area contributed by atoms with Crippen LogP contribution in [0, 0.1) is 0 Å². The first-order chi connectivity index (χ1) is 7.45. The number of rotatable bonds is 2. The number of hydrogen-bond donors (Lipinski definition) is 2. The normalized spacial score (nSPS) is 10.4. The Morgan fingerprint density at radius 2 is 1.81 bits per heavy atom. The van der Waals surface area contributed by atoms with Gasteiger partial charge < -0.3 is 11.1 Å². The van der Waals surface area contributed by atoms with E-state index in [4.69, 9.17) is 5.73 Å². The SMILES string of the molecule is CC.CCNc1ccc(N)c(C(F)(F)F)c1. The van der Waals surface area contributed by atoms with Crippen molar-refractivity contribution in [2.75, 3.05) is 17.6 Å². The molecule has 0 saturated carbocycles. The van der Waals surface area contributed by atoms with Crippen LogP contribution in [0.4, 0.5) is 24.5 Å². The number of alkyl halides is 3. The first-order valence-corrected chi connectivity index (χ1v) is 5.15. The first-order valence-electron chi connectivity index (χ1n) is 5.15. The smallest absolute Gasteiger partial charge is 0.398 e. The van der Waals surface area contributed by atoms with Crippen molar-refractivity contribution in [3.8, 4) is 0 Å². The van der Waals surface area contributed by atoms with Crippen LogP contribution >= 0.6 is 0 Å². The van der Waals surface area contributed by atoms with E-state index >= 15 is 0 Å². The molecule has 1 rings (SSSR count). The molecule has 0 aliphatic carbocycles. The van der Waals surface area contributed by atoms with Gasteiger partial charge in [0.15, 0.2) is 0 Å². The Bertz CT molecular complexity index is 321. The van der Waals surface area contributed by atoms with Crippen LogP contribution in [0.2, 0.25) is 0 Å². The summed E-state index contributed by atoms with van der Waals surface area (Å²) in [5.41, 5.74) is 4.60. The third-order valence-corrected chi connectivity index (χ3v) is 1.74. The van der Waals surface area contributed by atoms with Crippen molar-refractivity contribution in [1.82, 2.24) is 0 Å². The van der Waals surface area contributed by atoms with E-state index in [0.29, 0.717) is 12.2 Å². The minimum absolute atomic E-state index is 0.251. The molecule has 0 aliphatic heterocycles. The predicted molar refractivity (Wildman–Crippen MR) is 61.4 cm³/mol. The zero-order chi connectivity index (χ0) is 12.8. The average Bonchev–Trinajstić information content (AvgIpc) is 2.23. The molecular weight excluding hydrogens is 217 g/mol. The van der Waals surface area contributed by atoms with E-state index in [1.165, 1.54) is 12.1 Å². The second-order valence-electron chi connectivity index (χ2n) is 2.83. The van der Waals surface area contributed by atoms with Crippen LogP contribution in [0.25, 0.3) is 0 Å². The molecule has 2 nitrogen and oxygen atoms in total. The molecule has 0 radical (unpaired) electrons. The van der Waals surface area contributed by atoms with Gasteiger partial charge in [0.2, 0.25) is 0 Å². The van der Waals surface area contributed by atoms with Crippen molar-refractivity contribution in [2.24, 2.45) is 0 Å². The zero-order valence-corrected chi connectivity index (χ0v) is 9.65. The number of anilines is 2. The topological polar surface area (TPSA) is 38.0 Å². The molecule has 16 heavy (non-hydrogen) atoms. The fourth-order valence-electron chi connectivity index (χ4n) is 1.12. The van der Waals surface area contributed by atoms with Crippen molar-refractivity contribution in [3.05, 3.63) is 23.8 Å². The number of nitrogens with two attached hydrogens (primary N) is 1. The van der Waals surface area contributed by atoms with Gasteiger partial charge in [-0.05, 0) is 25.1 Å². The summed E-state index contributed by atoms with van der Waals surface area (Å²) >= 11 is 0. The predicted octanol–water partition coefficient (Wildman–Crippen LogP) is 3.75. The highest BCUT2D eigenvalue weighted by atomic mass is 19.4. The zero-order valence-electron chi connectivity index (χ0n) is 9.65. The van der Waals surface area contributed by atoms with Crippen LogP contribution in [0.3, 0.4) is 0 Å². The van der Waals surface area contributed by atoms with Gasteiger partial charge >= 0.3 is 6.18 Å². The molecule has 0 bridgehead atoms. The maximum atomic E-state index is 12.4. The molecule has 0 spiro atoms. The molecule has 1 aromatic carbocycles. The number of nitrogen functional groups attached to an aromatic ring is 1. The van der Waals surface area contributed by atoms with Gasteiger partial charge in [0.05, 0.1) is 5.56 Å². The van der Waals surface area contributed by atoms with Gasteiger partial charge in [-0.15, -0.1) is 0 Å². The van der Waals surface area contributed by atoms with Gasteiger partial charge in [0.1, 0.15) is 0 Å². The summed E-state index contributed by atoms with van der Waals surface area (Å²) < 4.78 is 37.1. The lowest BCUT2D eigenvalue weighted by Crippen LogP contribution is -2.10. The van der Waals surface area contributed by atoms with Crippen molar-refractivity contribution >= 4 is 11.4 Å². The number of hydrogen-bond acceptors (Lipinski definition) is 2. The highest BCUT2D eigenvalue weighted by molar-refractivity contribution is 5.58. The van der Waals surface area contributed by atoms with Crippen molar-refractivity contribution in [3.63, 3.8) is 0 Å². The molecule has 0 atom stereocenters. The van der Waals surface area contributed by atoms with E-state index in [9.17, 15) is 13.2 Å².